The minimum Gasteiger partial charge on any atom is -0.459 e. The van der Waals surface area contributed by atoms with Crippen LogP contribution in [0.3, 0.4) is 0 Å². The smallest absolute Gasteiger partial charge is 0.311 e. The van der Waals surface area contributed by atoms with Gasteiger partial charge in [0.2, 0.25) is 0 Å². The fourth-order valence-corrected chi connectivity index (χ4v) is 8.51. The van der Waals surface area contributed by atoms with Crippen LogP contribution in [-0.2, 0) is 28.5 Å². The summed E-state index contributed by atoms with van der Waals surface area (Å²) in [7, 11) is 5.63. The first-order valence-corrected chi connectivity index (χ1v) is 18.7. The van der Waals surface area contributed by atoms with Gasteiger partial charge in [-0.2, -0.15) is 0 Å². The molecule has 3 aliphatic rings. The molecule has 0 aliphatic carbocycles. The molecule has 13 nitrogen and oxygen atoms in total. The van der Waals surface area contributed by atoms with Crippen LogP contribution in [0.15, 0.2) is 0 Å². The second-order valence-corrected chi connectivity index (χ2v) is 16.7. The van der Waals surface area contributed by atoms with E-state index in [0.29, 0.717) is 19.4 Å². The Morgan fingerprint density at radius 3 is 2.12 bits per heavy atom. The highest BCUT2D eigenvalue weighted by Gasteiger charge is 2.51. The quantitative estimate of drug-likeness (QED) is 0.254. The van der Waals surface area contributed by atoms with E-state index in [0.717, 1.165) is 0 Å². The molecule has 294 valence electrons. The largest absolute Gasteiger partial charge is 0.459 e. The van der Waals surface area contributed by atoms with Crippen LogP contribution in [0, 0.1) is 23.7 Å². The maximum atomic E-state index is 14.1. The number of esters is 1. The molecule has 50 heavy (non-hydrogen) atoms. The molecule has 3 heterocycles. The maximum absolute atomic E-state index is 14.1. The van der Waals surface area contributed by atoms with Crippen LogP contribution in [0.4, 0.5) is 0 Å². The molecule has 0 saturated carbocycles. The van der Waals surface area contributed by atoms with Gasteiger partial charge in [-0.25, -0.2) is 0 Å². The van der Waals surface area contributed by atoms with Crippen LogP contribution >= 0.6 is 0 Å². The molecule has 3 fully saturated rings. The number of nitrogens with zero attached hydrogens (tertiary/aromatic N) is 2. The number of aliphatic hydroxyl groups is 5. The van der Waals surface area contributed by atoms with E-state index < -0.39 is 90.4 Å². The van der Waals surface area contributed by atoms with Gasteiger partial charge in [-0.05, 0) is 93.8 Å². The van der Waals surface area contributed by atoms with Gasteiger partial charge in [0.25, 0.3) is 0 Å². The molecule has 18 atom stereocenters. The van der Waals surface area contributed by atoms with E-state index in [1.54, 1.807) is 27.7 Å². The zero-order valence-corrected chi connectivity index (χ0v) is 32.9. The van der Waals surface area contributed by atoms with Gasteiger partial charge in [0, 0.05) is 31.0 Å². The lowest BCUT2D eigenvalue weighted by Gasteiger charge is -2.48. The first-order chi connectivity index (χ1) is 23.0. The molecule has 0 amide bonds. The predicted molar refractivity (Wildman–Crippen MR) is 188 cm³/mol. The Bertz CT molecular complexity index is 1070. The van der Waals surface area contributed by atoms with Gasteiger partial charge >= 0.3 is 5.97 Å². The lowest BCUT2D eigenvalue weighted by atomic mass is 9.77. The average molecular weight is 719 g/mol. The van der Waals surface area contributed by atoms with Gasteiger partial charge in [0.15, 0.2) is 12.6 Å². The van der Waals surface area contributed by atoms with Crippen molar-refractivity contribution in [3.8, 4) is 0 Å². The Labute approximate surface area is 300 Å². The summed E-state index contributed by atoms with van der Waals surface area (Å²) >= 11 is 0. The summed E-state index contributed by atoms with van der Waals surface area (Å²) in [6.45, 7) is 18.4. The zero-order chi connectivity index (χ0) is 38.0. The highest BCUT2D eigenvalue weighted by molar-refractivity contribution is 5.73. The molecule has 0 aromatic rings. The Balaban J connectivity index is 2.14. The minimum atomic E-state index is -1.78. The van der Waals surface area contributed by atoms with Gasteiger partial charge in [-0.1, -0.05) is 27.7 Å². The number of likely N-dealkylation sites (N-methyl/N-ethyl adjacent to an activating group) is 2. The summed E-state index contributed by atoms with van der Waals surface area (Å²) in [4.78, 5) is 18.0. The van der Waals surface area contributed by atoms with Gasteiger partial charge in [-0.15, -0.1) is 0 Å². The summed E-state index contributed by atoms with van der Waals surface area (Å²) in [5, 5.41) is 57.6. The third-order valence-electron chi connectivity index (χ3n) is 11.7. The standard InChI is InChI=1S/C37H70N2O11/c1-14-27-37(10,45)32(42)24(7)39(13)18-19(2)17-36(9,44)33(50-35-30(41)26(38(11)12)16-21(4)46-35)22(5)31(23(6)34(43)48-27)49-28-15-20(3)29(40)25(8)47-28/h19-33,35,40-42,44-45H,14-18H2,1-13H3/t19-,20-,21-,22+,23-,24-,25+,26+,27-,28+,29+,30-,31+,32-,33-,35+,36-,37-/m1/s1. The Morgan fingerprint density at radius 2 is 1.56 bits per heavy atom. The number of hydrogen-bond acceptors (Lipinski definition) is 13. The van der Waals surface area contributed by atoms with Crippen molar-refractivity contribution in [3.05, 3.63) is 0 Å². The highest BCUT2D eigenvalue weighted by Crippen LogP contribution is 2.39. The van der Waals surface area contributed by atoms with E-state index >= 15 is 0 Å². The third-order valence-corrected chi connectivity index (χ3v) is 11.7. The van der Waals surface area contributed by atoms with Crippen molar-refractivity contribution in [2.24, 2.45) is 23.7 Å². The molecular weight excluding hydrogens is 648 g/mol. The topological polar surface area (TPSA) is 171 Å². The molecule has 3 saturated heterocycles. The van der Waals surface area contributed by atoms with Crippen LogP contribution in [0.5, 0.6) is 0 Å². The molecule has 0 aromatic carbocycles. The van der Waals surface area contributed by atoms with Crippen LogP contribution in [0.1, 0.15) is 94.9 Å². The van der Waals surface area contributed by atoms with Gasteiger partial charge < -0.3 is 59.0 Å². The van der Waals surface area contributed by atoms with Crippen LogP contribution < -0.4 is 0 Å². The summed E-state index contributed by atoms with van der Waals surface area (Å²) < 4.78 is 31.7. The summed E-state index contributed by atoms with van der Waals surface area (Å²) in [6.07, 6.45) is -7.11. The number of carbonyl (C=O) groups excluding carboxylic acids is 1. The molecular formula is C37H70N2O11. The van der Waals surface area contributed by atoms with E-state index in [1.165, 1.54) is 6.92 Å². The lowest BCUT2D eigenvalue weighted by Crippen LogP contribution is -2.59. The number of cyclic esters (lactones) is 1. The number of carbonyl (C=O) groups is 1. The average Bonchev–Trinajstić information content (AvgIpc) is 3.02. The Hall–Kier alpha value is -0.970. The first kappa shape index (κ1) is 43.4. The van der Waals surface area contributed by atoms with Gasteiger partial charge in [0.05, 0.1) is 42.0 Å². The number of aliphatic hydroxyl groups excluding tert-OH is 3. The van der Waals surface area contributed by atoms with Crippen molar-refractivity contribution < 1.29 is 54.0 Å². The number of ether oxygens (including phenoxy) is 5. The molecule has 5 N–H and O–H groups in total. The van der Waals surface area contributed by atoms with Crippen molar-refractivity contribution in [1.82, 2.24) is 9.80 Å². The van der Waals surface area contributed by atoms with E-state index in [2.05, 4.69) is 0 Å². The van der Waals surface area contributed by atoms with Crippen LogP contribution in [0.2, 0.25) is 0 Å². The second-order valence-electron chi connectivity index (χ2n) is 16.7. The SMILES string of the molecule is CC[C@H]1OC(=O)[C@H](C)[C@@H](O[C@H]2C[C@@H](C)[C@H](O)[C@H](C)O2)[C@H](C)[C@@H](O[C@@H]2O[C@H](C)C[C@H](N(C)C)[C@H]2O)[C@](C)(O)C[C@@H](C)CN(C)[C@H](C)[C@@H](O)[C@]1(C)O. The normalized spacial score (nSPS) is 49.6. The molecule has 0 bridgehead atoms. The van der Waals surface area contributed by atoms with Gasteiger partial charge in [0.1, 0.15) is 23.9 Å². The van der Waals surface area contributed by atoms with Crippen molar-refractivity contribution in [3.63, 3.8) is 0 Å². The minimum absolute atomic E-state index is 0.120. The fourth-order valence-electron chi connectivity index (χ4n) is 8.51. The van der Waals surface area contributed by atoms with E-state index in [4.69, 9.17) is 23.7 Å². The van der Waals surface area contributed by atoms with Crippen molar-refractivity contribution in [2.45, 2.75) is 180 Å². The van der Waals surface area contributed by atoms with E-state index in [1.807, 2.05) is 65.6 Å². The lowest BCUT2D eigenvalue weighted by molar-refractivity contribution is -0.309. The molecule has 0 unspecified atom stereocenters. The van der Waals surface area contributed by atoms with Crippen molar-refractivity contribution in [2.75, 3.05) is 27.7 Å². The van der Waals surface area contributed by atoms with Crippen molar-refractivity contribution in [1.29, 1.82) is 0 Å². The molecule has 3 aliphatic heterocycles. The predicted octanol–water partition coefficient (Wildman–Crippen LogP) is 2.13. The number of hydrogen-bond donors (Lipinski definition) is 5. The third kappa shape index (κ3) is 9.96. The van der Waals surface area contributed by atoms with E-state index in [9.17, 15) is 30.3 Å². The fraction of sp³-hybridized carbons (Fsp3) is 0.973. The molecule has 0 aromatic heterocycles. The first-order valence-electron chi connectivity index (χ1n) is 18.7. The second kappa shape index (κ2) is 17.4. The Morgan fingerprint density at radius 1 is 0.940 bits per heavy atom. The summed E-state index contributed by atoms with van der Waals surface area (Å²) in [5.74, 6) is -2.57. The molecule has 3 rings (SSSR count). The van der Waals surface area contributed by atoms with Crippen molar-refractivity contribution >= 4 is 5.97 Å². The Kier molecular flexibility index (Phi) is 15.2. The van der Waals surface area contributed by atoms with Crippen LogP contribution in [-0.4, -0.2) is 154 Å². The summed E-state index contributed by atoms with van der Waals surface area (Å²) in [6, 6.07) is -0.774. The summed E-state index contributed by atoms with van der Waals surface area (Å²) in [5.41, 5.74) is -3.30. The number of rotatable bonds is 6. The van der Waals surface area contributed by atoms with Crippen LogP contribution in [0.25, 0.3) is 0 Å². The van der Waals surface area contributed by atoms with Gasteiger partial charge in [-0.3, -0.25) is 4.79 Å². The molecule has 0 radical (unpaired) electrons. The monoisotopic (exact) mass is 718 g/mol. The highest BCUT2D eigenvalue weighted by atomic mass is 16.7. The molecule has 0 spiro atoms. The van der Waals surface area contributed by atoms with E-state index in [-0.39, 0.29) is 36.8 Å². The molecule has 13 heteroatoms. The maximum Gasteiger partial charge on any atom is 0.311 e. The zero-order valence-electron chi connectivity index (χ0n) is 32.9.